The SMILES string of the molecule is O=C(O)COc1ccc(CNCCNCCO)cc1. The number of hydrogen-bond acceptors (Lipinski definition) is 5. The van der Waals surface area contributed by atoms with Crippen molar-refractivity contribution in [2.45, 2.75) is 6.54 Å². The van der Waals surface area contributed by atoms with Crippen LogP contribution in [0.1, 0.15) is 5.56 Å². The molecule has 0 saturated carbocycles. The Balaban J connectivity index is 2.19. The highest BCUT2D eigenvalue weighted by Crippen LogP contribution is 2.11. The summed E-state index contributed by atoms with van der Waals surface area (Å²) in [7, 11) is 0. The van der Waals surface area contributed by atoms with Gasteiger partial charge in [-0.2, -0.15) is 0 Å². The molecule has 0 aromatic heterocycles. The molecule has 106 valence electrons. The van der Waals surface area contributed by atoms with E-state index >= 15 is 0 Å². The van der Waals surface area contributed by atoms with Crippen molar-refractivity contribution in [3.8, 4) is 5.75 Å². The van der Waals surface area contributed by atoms with Crippen LogP contribution < -0.4 is 15.4 Å². The zero-order chi connectivity index (χ0) is 13.9. The minimum atomic E-state index is -0.985. The van der Waals surface area contributed by atoms with Gasteiger partial charge in [0.1, 0.15) is 5.75 Å². The molecule has 19 heavy (non-hydrogen) atoms. The molecular weight excluding hydrogens is 248 g/mol. The van der Waals surface area contributed by atoms with Gasteiger partial charge in [0, 0.05) is 26.2 Å². The lowest BCUT2D eigenvalue weighted by Gasteiger charge is -2.07. The van der Waals surface area contributed by atoms with Gasteiger partial charge in [-0.1, -0.05) is 12.1 Å². The molecule has 0 saturated heterocycles. The van der Waals surface area contributed by atoms with E-state index in [9.17, 15) is 4.79 Å². The Morgan fingerprint density at radius 2 is 1.79 bits per heavy atom. The van der Waals surface area contributed by atoms with E-state index in [2.05, 4.69) is 10.6 Å². The zero-order valence-corrected chi connectivity index (χ0v) is 10.8. The molecule has 1 rings (SSSR count). The van der Waals surface area contributed by atoms with Crippen LogP contribution in [-0.4, -0.2) is 49.0 Å². The number of carbonyl (C=O) groups is 1. The van der Waals surface area contributed by atoms with Gasteiger partial charge >= 0.3 is 5.97 Å². The number of aliphatic hydroxyl groups is 1. The Kier molecular flexibility index (Phi) is 7.57. The fourth-order valence-electron chi connectivity index (χ4n) is 1.46. The number of aliphatic hydroxyl groups excluding tert-OH is 1. The maximum absolute atomic E-state index is 10.3. The van der Waals surface area contributed by atoms with E-state index in [4.69, 9.17) is 14.9 Å². The molecule has 0 aliphatic carbocycles. The Morgan fingerprint density at radius 1 is 1.11 bits per heavy atom. The van der Waals surface area contributed by atoms with Gasteiger partial charge in [-0.25, -0.2) is 4.79 Å². The van der Waals surface area contributed by atoms with Crippen LogP contribution >= 0.6 is 0 Å². The molecule has 0 radical (unpaired) electrons. The first kappa shape index (κ1) is 15.4. The van der Waals surface area contributed by atoms with E-state index in [1.165, 1.54) is 0 Å². The predicted octanol–water partition coefficient (Wildman–Crippen LogP) is -0.178. The summed E-state index contributed by atoms with van der Waals surface area (Å²) in [5.41, 5.74) is 1.10. The van der Waals surface area contributed by atoms with Crippen molar-refractivity contribution in [2.75, 3.05) is 32.8 Å². The van der Waals surface area contributed by atoms with Crippen LogP contribution in [0.4, 0.5) is 0 Å². The van der Waals surface area contributed by atoms with Crippen LogP contribution in [0.15, 0.2) is 24.3 Å². The number of carboxylic acid groups (broad SMARTS) is 1. The molecule has 0 bridgehead atoms. The van der Waals surface area contributed by atoms with Gasteiger partial charge in [0.25, 0.3) is 0 Å². The normalized spacial score (nSPS) is 10.4. The molecule has 0 atom stereocenters. The molecule has 0 aliphatic heterocycles. The first-order chi connectivity index (χ1) is 9.22. The lowest BCUT2D eigenvalue weighted by atomic mass is 10.2. The van der Waals surface area contributed by atoms with Crippen LogP contribution in [0.3, 0.4) is 0 Å². The van der Waals surface area contributed by atoms with Gasteiger partial charge in [0.05, 0.1) is 6.61 Å². The third kappa shape index (κ3) is 7.40. The summed E-state index contributed by atoms with van der Waals surface area (Å²) in [5.74, 6) is -0.433. The van der Waals surface area contributed by atoms with Gasteiger partial charge in [0.2, 0.25) is 0 Å². The van der Waals surface area contributed by atoms with Crippen molar-refractivity contribution < 1.29 is 19.7 Å². The molecule has 6 nitrogen and oxygen atoms in total. The van der Waals surface area contributed by atoms with E-state index in [-0.39, 0.29) is 13.2 Å². The summed E-state index contributed by atoms with van der Waals surface area (Å²) in [5, 5.41) is 23.4. The lowest BCUT2D eigenvalue weighted by Crippen LogP contribution is -2.28. The topological polar surface area (TPSA) is 90.8 Å². The van der Waals surface area contributed by atoms with Gasteiger partial charge < -0.3 is 25.6 Å². The minimum absolute atomic E-state index is 0.151. The largest absolute Gasteiger partial charge is 0.482 e. The second-order valence-electron chi connectivity index (χ2n) is 3.98. The van der Waals surface area contributed by atoms with E-state index in [0.717, 1.165) is 25.2 Å². The molecule has 0 amide bonds. The first-order valence-corrected chi connectivity index (χ1v) is 6.18. The standard InChI is InChI=1S/C13H20N2O4/c16-8-7-14-5-6-15-9-11-1-3-12(4-2-11)19-10-13(17)18/h1-4,14-16H,5-10H2,(H,17,18). The molecule has 6 heteroatoms. The van der Waals surface area contributed by atoms with Crippen LogP contribution in [0.25, 0.3) is 0 Å². The van der Waals surface area contributed by atoms with E-state index < -0.39 is 5.97 Å². The van der Waals surface area contributed by atoms with Crippen molar-refractivity contribution in [1.29, 1.82) is 0 Å². The summed E-state index contributed by atoms with van der Waals surface area (Å²) < 4.78 is 5.04. The minimum Gasteiger partial charge on any atom is -0.482 e. The molecule has 0 aliphatic rings. The van der Waals surface area contributed by atoms with E-state index in [1.54, 1.807) is 12.1 Å². The molecule has 0 heterocycles. The Bertz CT molecular complexity index is 367. The number of benzene rings is 1. The van der Waals surface area contributed by atoms with Gasteiger partial charge in [-0.15, -0.1) is 0 Å². The van der Waals surface area contributed by atoms with Crippen molar-refractivity contribution in [3.05, 3.63) is 29.8 Å². The average molecular weight is 268 g/mol. The number of nitrogens with one attached hydrogen (secondary N) is 2. The van der Waals surface area contributed by atoms with E-state index in [1.807, 2.05) is 12.1 Å². The highest BCUT2D eigenvalue weighted by molar-refractivity contribution is 5.68. The maximum atomic E-state index is 10.3. The highest BCUT2D eigenvalue weighted by Gasteiger charge is 1.99. The number of carboxylic acids is 1. The number of hydrogen-bond donors (Lipinski definition) is 4. The Hall–Kier alpha value is -1.63. The molecule has 0 unspecified atom stereocenters. The second kappa shape index (κ2) is 9.32. The van der Waals surface area contributed by atoms with Gasteiger partial charge in [-0.05, 0) is 17.7 Å². The fourth-order valence-corrected chi connectivity index (χ4v) is 1.46. The van der Waals surface area contributed by atoms with Gasteiger partial charge in [0.15, 0.2) is 6.61 Å². The van der Waals surface area contributed by atoms with Crippen LogP contribution in [0.5, 0.6) is 5.75 Å². The molecule has 4 N–H and O–H groups in total. The molecule has 0 spiro atoms. The average Bonchev–Trinajstić information content (AvgIpc) is 2.41. The summed E-state index contributed by atoms with van der Waals surface area (Å²) in [6.45, 7) is 2.79. The zero-order valence-electron chi connectivity index (χ0n) is 10.8. The summed E-state index contributed by atoms with van der Waals surface area (Å²) in [6, 6.07) is 7.30. The van der Waals surface area contributed by atoms with Gasteiger partial charge in [-0.3, -0.25) is 0 Å². The van der Waals surface area contributed by atoms with Crippen molar-refractivity contribution in [1.82, 2.24) is 10.6 Å². The predicted molar refractivity (Wildman–Crippen MR) is 71.2 cm³/mol. The first-order valence-electron chi connectivity index (χ1n) is 6.18. The third-order valence-corrected chi connectivity index (χ3v) is 2.38. The highest BCUT2D eigenvalue weighted by atomic mass is 16.5. The Labute approximate surface area is 112 Å². The van der Waals surface area contributed by atoms with E-state index in [0.29, 0.717) is 12.3 Å². The molecule has 1 aromatic rings. The van der Waals surface area contributed by atoms with Crippen molar-refractivity contribution >= 4 is 5.97 Å². The number of rotatable bonds is 10. The number of ether oxygens (including phenoxy) is 1. The van der Waals surface area contributed by atoms with Crippen molar-refractivity contribution in [3.63, 3.8) is 0 Å². The summed E-state index contributed by atoms with van der Waals surface area (Å²) in [4.78, 5) is 10.3. The van der Waals surface area contributed by atoms with Crippen LogP contribution in [-0.2, 0) is 11.3 Å². The second-order valence-corrected chi connectivity index (χ2v) is 3.98. The molecular formula is C13H20N2O4. The molecule has 1 aromatic carbocycles. The third-order valence-electron chi connectivity index (χ3n) is 2.38. The Morgan fingerprint density at radius 3 is 2.42 bits per heavy atom. The quantitative estimate of drug-likeness (QED) is 0.440. The monoisotopic (exact) mass is 268 g/mol. The maximum Gasteiger partial charge on any atom is 0.341 e. The summed E-state index contributed by atoms with van der Waals surface area (Å²) >= 11 is 0. The smallest absolute Gasteiger partial charge is 0.341 e. The fraction of sp³-hybridized carbons (Fsp3) is 0.462. The lowest BCUT2D eigenvalue weighted by molar-refractivity contribution is -0.139. The summed E-state index contributed by atoms with van der Waals surface area (Å²) in [6.07, 6.45) is 0. The van der Waals surface area contributed by atoms with Crippen LogP contribution in [0, 0.1) is 0 Å². The molecule has 0 fully saturated rings. The van der Waals surface area contributed by atoms with Crippen LogP contribution in [0.2, 0.25) is 0 Å². The van der Waals surface area contributed by atoms with Crippen molar-refractivity contribution in [2.24, 2.45) is 0 Å². The number of aliphatic carboxylic acids is 1.